The van der Waals surface area contributed by atoms with Crippen molar-refractivity contribution >= 4 is 15.9 Å². The van der Waals surface area contributed by atoms with Crippen molar-refractivity contribution in [1.82, 2.24) is 9.62 Å². The molecule has 0 aromatic heterocycles. The van der Waals surface area contributed by atoms with E-state index in [9.17, 15) is 13.2 Å². The van der Waals surface area contributed by atoms with E-state index in [0.717, 1.165) is 11.1 Å². The summed E-state index contributed by atoms with van der Waals surface area (Å²) in [5, 5.41) is 0. The summed E-state index contributed by atoms with van der Waals surface area (Å²) in [6, 6.07) is 14.3. The van der Waals surface area contributed by atoms with Crippen molar-refractivity contribution < 1.29 is 17.9 Å². The van der Waals surface area contributed by atoms with E-state index in [-0.39, 0.29) is 30.5 Å². The summed E-state index contributed by atoms with van der Waals surface area (Å²) in [5.74, 6) is 0.556. The van der Waals surface area contributed by atoms with Gasteiger partial charge in [-0.15, -0.1) is 0 Å². The number of fused-ring (bicyclic) bond motifs is 1. The van der Waals surface area contributed by atoms with Gasteiger partial charge in [-0.1, -0.05) is 24.3 Å². The maximum absolute atomic E-state index is 12.5. The van der Waals surface area contributed by atoms with Crippen molar-refractivity contribution in [2.45, 2.75) is 17.9 Å². The number of nitrogens with one attached hydrogen (secondary N) is 1. The van der Waals surface area contributed by atoms with E-state index in [4.69, 9.17) is 10.5 Å². The quantitative estimate of drug-likeness (QED) is 0.685. The lowest BCUT2D eigenvalue weighted by molar-refractivity contribution is -0.130. The van der Waals surface area contributed by atoms with Crippen molar-refractivity contribution in [2.24, 2.45) is 5.73 Å². The molecule has 1 aliphatic rings. The predicted molar refractivity (Wildman–Crippen MR) is 102 cm³/mol. The highest BCUT2D eigenvalue weighted by molar-refractivity contribution is 7.89. The summed E-state index contributed by atoms with van der Waals surface area (Å²) >= 11 is 0. The monoisotopic (exact) mass is 389 g/mol. The van der Waals surface area contributed by atoms with Crippen LogP contribution in [0.3, 0.4) is 0 Å². The molecule has 0 radical (unpaired) electrons. The molecule has 0 spiro atoms. The average Bonchev–Trinajstić information content (AvgIpc) is 2.70. The third-order valence-electron chi connectivity index (χ3n) is 4.43. The number of hydrogen-bond donors (Lipinski definition) is 2. The van der Waals surface area contributed by atoms with E-state index in [0.29, 0.717) is 25.3 Å². The molecule has 0 unspecified atom stereocenters. The molecule has 0 fully saturated rings. The Morgan fingerprint density at radius 1 is 1.15 bits per heavy atom. The molecule has 1 amide bonds. The number of ether oxygens (including phenoxy) is 1. The highest BCUT2D eigenvalue weighted by Gasteiger charge is 2.22. The Morgan fingerprint density at radius 2 is 1.93 bits per heavy atom. The van der Waals surface area contributed by atoms with Crippen LogP contribution in [0.2, 0.25) is 0 Å². The van der Waals surface area contributed by atoms with Gasteiger partial charge in [-0.25, -0.2) is 13.1 Å². The number of sulfonamides is 1. The molecule has 27 heavy (non-hydrogen) atoms. The smallest absolute Gasteiger partial charge is 0.240 e. The topological polar surface area (TPSA) is 102 Å². The van der Waals surface area contributed by atoms with E-state index in [1.54, 1.807) is 17.0 Å². The maximum atomic E-state index is 12.5. The summed E-state index contributed by atoms with van der Waals surface area (Å²) in [6.07, 6.45) is 0.694. The molecular formula is C19H23N3O4S. The molecule has 7 nitrogen and oxygen atoms in total. The Bertz CT molecular complexity index is 900. The van der Waals surface area contributed by atoms with Gasteiger partial charge >= 0.3 is 0 Å². The van der Waals surface area contributed by atoms with Gasteiger partial charge in [0.2, 0.25) is 15.9 Å². The fourth-order valence-electron chi connectivity index (χ4n) is 2.99. The van der Waals surface area contributed by atoms with E-state index >= 15 is 0 Å². The second-order valence-corrected chi connectivity index (χ2v) is 8.03. The molecule has 0 saturated heterocycles. The first kappa shape index (κ1) is 19.3. The molecule has 0 aliphatic carbocycles. The van der Waals surface area contributed by atoms with Crippen molar-refractivity contribution in [1.29, 1.82) is 0 Å². The third kappa shape index (κ3) is 4.85. The number of benzene rings is 2. The zero-order chi connectivity index (χ0) is 19.3. The number of rotatable bonds is 7. The minimum Gasteiger partial charge on any atom is -0.492 e. The van der Waals surface area contributed by atoms with Crippen molar-refractivity contribution in [2.75, 3.05) is 26.2 Å². The Labute approximate surface area is 159 Å². The first-order chi connectivity index (χ1) is 13.0. The minimum atomic E-state index is -3.65. The summed E-state index contributed by atoms with van der Waals surface area (Å²) in [7, 11) is -3.65. The van der Waals surface area contributed by atoms with Gasteiger partial charge in [0, 0.05) is 19.6 Å². The fraction of sp³-hybridized carbons (Fsp3) is 0.316. The second kappa shape index (κ2) is 8.51. The van der Waals surface area contributed by atoms with Gasteiger partial charge in [0.1, 0.15) is 12.4 Å². The normalized spacial score (nSPS) is 13.9. The molecule has 8 heteroatoms. The van der Waals surface area contributed by atoms with Gasteiger partial charge in [-0.05, 0) is 41.8 Å². The van der Waals surface area contributed by atoms with Crippen LogP contribution < -0.4 is 15.2 Å². The lowest BCUT2D eigenvalue weighted by Crippen LogP contribution is -2.39. The Kier molecular flexibility index (Phi) is 6.10. The molecule has 0 bridgehead atoms. The van der Waals surface area contributed by atoms with Crippen molar-refractivity contribution in [3.05, 3.63) is 59.7 Å². The molecule has 3 N–H and O–H groups in total. The van der Waals surface area contributed by atoms with E-state index in [2.05, 4.69) is 4.72 Å². The van der Waals surface area contributed by atoms with Gasteiger partial charge in [0.15, 0.2) is 0 Å². The zero-order valence-electron chi connectivity index (χ0n) is 14.9. The van der Waals surface area contributed by atoms with Gasteiger partial charge < -0.3 is 15.4 Å². The number of para-hydroxylation sites is 1. The zero-order valence-corrected chi connectivity index (χ0v) is 15.7. The minimum absolute atomic E-state index is 0.0453. The van der Waals surface area contributed by atoms with Crippen LogP contribution in [0.5, 0.6) is 5.75 Å². The van der Waals surface area contributed by atoms with Gasteiger partial charge in [0.05, 0.1) is 11.4 Å². The lowest BCUT2D eigenvalue weighted by atomic mass is 10.00. The van der Waals surface area contributed by atoms with Crippen LogP contribution in [0, 0.1) is 0 Å². The Morgan fingerprint density at radius 3 is 2.67 bits per heavy atom. The van der Waals surface area contributed by atoms with E-state index in [1.165, 1.54) is 0 Å². The summed E-state index contributed by atoms with van der Waals surface area (Å²) in [5.41, 5.74) is 7.32. The van der Waals surface area contributed by atoms with Crippen LogP contribution in [0.15, 0.2) is 53.4 Å². The average molecular weight is 389 g/mol. The molecule has 2 aromatic rings. The maximum Gasteiger partial charge on any atom is 0.240 e. The molecule has 1 aliphatic heterocycles. The van der Waals surface area contributed by atoms with Gasteiger partial charge in [-0.2, -0.15) is 0 Å². The first-order valence-electron chi connectivity index (χ1n) is 8.77. The molecular weight excluding hydrogens is 366 g/mol. The standard InChI is InChI=1S/C19H23N3O4S/c20-13-19(23)22-10-8-15-6-7-18(12-16(15)14-22)27(24,25)21-9-11-26-17-4-2-1-3-5-17/h1-7,12,21H,8-11,13-14,20H2. The molecule has 2 aromatic carbocycles. The highest BCUT2D eigenvalue weighted by Crippen LogP contribution is 2.22. The van der Waals surface area contributed by atoms with Crippen molar-refractivity contribution in [3.63, 3.8) is 0 Å². The molecule has 3 rings (SSSR count). The van der Waals surface area contributed by atoms with Crippen LogP contribution >= 0.6 is 0 Å². The molecule has 1 heterocycles. The third-order valence-corrected chi connectivity index (χ3v) is 5.89. The fourth-order valence-corrected chi connectivity index (χ4v) is 4.05. The first-order valence-corrected chi connectivity index (χ1v) is 10.2. The van der Waals surface area contributed by atoms with Crippen LogP contribution in [-0.4, -0.2) is 45.5 Å². The van der Waals surface area contributed by atoms with Crippen LogP contribution in [0.25, 0.3) is 0 Å². The Balaban J connectivity index is 1.62. The Hall–Kier alpha value is -2.42. The molecule has 144 valence electrons. The van der Waals surface area contributed by atoms with Crippen molar-refractivity contribution in [3.8, 4) is 5.75 Å². The van der Waals surface area contributed by atoms with Crippen LogP contribution in [0.1, 0.15) is 11.1 Å². The highest BCUT2D eigenvalue weighted by atomic mass is 32.2. The SMILES string of the molecule is NCC(=O)N1CCc2ccc(S(=O)(=O)NCCOc3ccccc3)cc2C1. The van der Waals surface area contributed by atoms with Gasteiger partial charge in [0.25, 0.3) is 0 Å². The summed E-state index contributed by atoms with van der Waals surface area (Å²) in [6.45, 7) is 1.32. The number of carbonyl (C=O) groups excluding carboxylic acids is 1. The summed E-state index contributed by atoms with van der Waals surface area (Å²) in [4.78, 5) is 13.6. The second-order valence-electron chi connectivity index (χ2n) is 6.26. The number of nitrogens with zero attached hydrogens (tertiary/aromatic N) is 1. The molecule has 0 saturated carbocycles. The number of nitrogens with two attached hydrogens (primary N) is 1. The molecule has 0 atom stereocenters. The number of amides is 1. The summed E-state index contributed by atoms with van der Waals surface area (Å²) < 4.78 is 33.1. The van der Waals surface area contributed by atoms with E-state index < -0.39 is 10.0 Å². The van der Waals surface area contributed by atoms with Crippen LogP contribution in [0.4, 0.5) is 0 Å². The van der Waals surface area contributed by atoms with Gasteiger partial charge in [-0.3, -0.25) is 4.79 Å². The number of hydrogen-bond acceptors (Lipinski definition) is 5. The number of carbonyl (C=O) groups is 1. The van der Waals surface area contributed by atoms with Crippen LogP contribution in [-0.2, 0) is 27.8 Å². The van der Waals surface area contributed by atoms with E-state index in [1.807, 2.05) is 36.4 Å². The largest absolute Gasteiger partial charge is 0.492 e. The predicted octanol–water partition coefficient (Wildman–Crippen LogP) is 0.887. The lowest BCUT2D eigenvalue weighted by Gasteiger charge is -2.28.